The van der Waals surface area contributed by atoms with Gasteiger partial charge in [0.05, 0.1) is 0 Å². The quantitative estimate of drug-likeness (QED) is 0.738. The van der Waals surface area contributed by atoms with Gasteiger partial charge in [-0.3, -0.25) is 0 Å². The maximum absolute atomic E-state index is 12.1. The Labute approximate surface area is 92.6 Å². The Kier molecular flexibility index (Phi) is 4.51. The van der Waals surface area contributed by atoms with Gasteiger partial charge < -0.3 is 5.32 Å². The van der Waals surface area contributed by atoms with Gasteiger partial charge in [-0.15, -0.1) is 0 Å². The first-order valence-electron chi connectivity index (χ1n) is 5.51. The molecule has 5 nitrogen and oxygen atoms in total. The molecule has 0 unspecified atom stereocenters. The molecule has 6 heteroatoms. The van der Waals surface area contributed by atoms with E-state index in [2.05, 4.69) is 5.32 Å². The van der Waals surface area contributed by atoms with Crippen molar-refractivity contribution >= 4 is 10.2 Å². The Hall–Kier alpha value is -0.170. The highest BCUT2D eigenvalue weighted by atomic mass is 32.2. The van der Waals surface area contributed by atoms with E-state index in [0.29, 0.717) is 26.2 Å². The number of nitrogens with zero attached hydrogens (tertiary/aromatic N) is 2. The van der Waals surface area contributed by atoms with Crippen molar-refractivity contribution in [1.29, 1.82) is 0 Å². The van der Waals surface area contributed by atoms with Crippen molar-refractivity contribution in [2.45, 2.75) is 26.8 Å². The van der Waals surface area contributed by atoms with Crippen molar-refractivity contribution in [3.8, 4) is 0 Å². The van der Waals surface area contributed by atoms with E-state index in [1.165, 1.54) is 4.31 Å². The molecule has 1 saturated heterocycles. The van der Waals surface area contributed by atoms with Gasteiger partial charge >= 0.3 is 0 Å². The van der Waals surface area contributed by atoms with E-state index in [0.717, 1.165) is 6.54 Å². The van der Waals surface area contributed by atoms with Crippen molar-refractivity contribution in [3.63, 3.8) is 0 Å². The van der Waals surface area contributed by atoms with E-state index in [-0.39, 0.29) is 6.04 Å². The van der Waals surface area contributed by atoms with Crippen LogP contribution in [0.5, 0.6) is 0 Å². The summed E-state index contributed by atoms with van der Waals surface area (Å²) >= 11 is 0. The third-order valence-electron chi connectivity index (χ3n) is 2.69. The second-order valence-corrected chi connectivity index (χ2v) is 5.73. The molecular weight excluding hydrogens is 214 g/mol. The van der Waals surface area contributed by atoms with Crippen LogP contribution in [-0.4, -0.2) is 55.8 Å². The van der Waals surface area contributed by atoms with Crippen LogP contribution in [0.4, 0.5) is 0 Å². The molecule has 15 heavy (non-hydrogen) atoms. The van der Waals surface area contributed by atoms with Crippen LogP contribution in [0.15, 0.2) is 0 Å². The topological polar surface area (TPSA) is 52.7 Å². The minimum atomic E-state index is -3.23. The Balaban J connectivity index is 2.75. The summed E-state index contributed by atoms with van der Waals surface area (Å²) in [7, 11) is -3.23. The van der Waals surface area contributed by atoms with Gasteiger partial charge in [0, 0.05) is 38.8 Å². The van der Waals surface area contributed by atoms with Crippen molar-refractivity contribution in [3.05, 3.63) is 0 Å². The number of hydrogen-bond acceptors (Lipinski definition) is 3. The fourth-order valence-corrected chi connectivity index (χ4v) is 3.53. The molecule has 0 saturated carbocycles. The molecule has 0 bridgehead atoms. The molecule has 0 amide bonds. The van der Waals surface area contributed by atoms with Crippen molar-refractivity contribution < 1.29 is 8.42 Å². The summed E-state index contributed by atoms with van der Waals surface area (Å²) in [5, 5.41) is 3.23. The third-order valence-corrected chi connectivity index (χ3v) is 4.84. The van der Waals surface area contributed by atoms with Crippen molar-refractivity contribution in [2.24, 2.45) is 0 Å². The summed E-state index contributed by atoms with van der Waals surface area (Å²) in [5.74, 6) is 0. The van der Waals surface area contributed by atoms with E-state index in [1.54, 1.807) is 4.31 Å². The van der Waals surface area contributed by atoms with Gasteiger partial charge in [0.2, 0.25) is 0 Å². The molecular formula is C9H21N3O2S. The molecule has 1 N–H and O–H groups in total. The smallest absolute Gasteiger partial charge is 0.282 e. The molecule has 0 aromatic rings. The first-order valence-corrected chi connectivity index (χ1v) is 6.90. The monoisotopic (exact) mass is 235 g/mol. The van der Waals surface area contributed by atoms with Gasteiger partial charge in [-0.05, 0) is 6.92 Å². The van der Waals surface area contributed by atoms with Crippen molar-refractivity contribution in [2.75, 3.05) is 32.7 Å². The van der Waals surface area contributed by atoms with Crippen LogP contribution in [0.1, 0.15) is 20.8 Å². The predicted octanol–water partition coefficient (Wildman–Crippen LogP) is -0.133. The maximum Gasteiger partial charge on any atom is 0.282 e. The standard InChI is InChI=1S/C9H21N3O2S/c1-4-11(5-2)15(13,14)12-7-6-10-9(3)8-12/h9-10H,4-8H2,1-3H3/t9-/m1/s1. The fourth-order valence-electron chi connectivity index (χ4n) is 1.82. The first kappa shape index (κ1) is 12.9. The maximum atomic E-state index is 12.1. The number of rotatable bonds is 4. The van der Waals surface area contributed by atoms with Crippen LogP contribution in [0, 0.1) is 0 Å². The lowest BCUT2D eigenvalue weighted by atomic mass is 10.3. The van der Waals surface area contributed by atoms with E-state index in [9.17, 15) is 8.42 Å². The summed E-state index contributed by atoms with van der Waals surface area (Å²) in [4.78, 5) is 0. The molecule has 0 aromatic carbocycles. The molecule has 90 valence electrons. The SMILES string of the molecule is CCN(CC)S(=O)(=O)N1CCN[C@H](C)C1. The highest BCUT2D eigenvalue weighted by Crippen LogP contribution is 2.10. The normalized spacial score (nSPS) is 24.7. The second-order valence-electron chi connectivity index (χ2n) is 3.81. The zero-order chi connectivity index (χ0) is 11.5. The van der Waals surface area contributed by atoms with Gasteiger partial charge in [0.1, 0.15) is 0 Å². The van der Waals surface area contributed by atoms with Crippen LogP contribution < -0.4 is 5.32 Å². The second kappa shape index (κ2) is 5.25. The summed E-state index contributed by atoms with van der Waals surface area (Å²) in [6.07, 6.45) is 0. The average molecular weight is 235 g/mol. The van der Waals surface area contributed by atoms with Crippen molar-refractivity contribution in [1.82, 2.24) is 13.9 Å². The first-order chi connectivity index (χ1) is 7.02. The predicted molar refractivity (Wildman–Crippen MR) is 60.9 cm³/mol. The van der Waals surface area contributed by atoms with Crippen LogP contribution >= 0.6 is 0 Å². The average Bonchev–Trinajstić information content (AvgIpc) is 2.19. The minimum Gasteiger partial charge on any atom is -0.312 e. The lowest BCUT2D eigenvalue weighted by Gasteiger charge is -2.34. The molecule has 0 radical (unpaired) electrons. The third kappa shape index (κ3) is 2.90. The van der Waals surface area contributed by atoms with Crippen LogP contribution in [0.3, 0.4) is 0 Å². The van der Waals surface area contributed by atoms with E-state index >= 15 is 0 Å². The Morgan fingerprint density at radius 2 is 2.00 bits per heavy atom. The van der Waals surface area contributed by atoms with Crippen LogP contribution in [-0.2, 0) is 10.2 Å². The highest BCUT2D eigenvalue weighted by molar-refractivity contribution is 7.86. The lowest BCUT2D eigenvalue weighted by Crippen LogP contribution is -2.55. The van der Waals surface area contributed by atoms with Gasteiger partial charge in [-0.25, -0.2) is 0 Å². The molecule has 1 fully saturated rings. The Morgan fingerprint density at radius 3 is 2.47 bits per heavy atom. The molecule has 0 aliphatic carbocycles. The summed E-state index contributed by atoms with van der Waals surface area (Å²) in [6, 6.07) is 0.240. The van der Waals surface area contributed by atoms with Gasteiger partial charge in [0.15, 0.2) is 0 Å². The van der Waals surface area contributed by atoms with E-state index in [1.807, 2.05) is 20.8 Å². The zero-order valence-corrected chi connectivity index (χ0v) is 10.5. The van der Waals surface area contributed by atoms with Crippen LogP contribution in [0.25, 0.3) is 0 Å². The van der Waals surface area contributed by atoms with Gasteiger partial charge in [-0.1, -0.05) is 13.8 Å². The molecule has 1 rings (SSSR count). The molecule has 1 aliphatic rings. The number of hydrogen-bond donors (Lipinski definition) is 1. The fraction of sp³-hybridized carbons (Fsp3) is 1.00. The number of piperazine rings is 1. The Morgan fingerprint density at radius 1 is 1.40 bits per heavy atom. The number of nitrogens with one attached hydrogen (secondary N) is 1. The van der Waals surface area contributed by atoms with E-state index in [4.69, 9.17) is 0 Å². The largest absolute Gasteiger partial charge is 0.312 e. The molecule has 0 spiro atoms. The van der Waals surface area contributed by atoms with Gasteiger partial charge in [0.25, 0.3) is 10.2 Å². The Bertz CT molecular complexity index is 288. The minimum absolute atomic E-state index is 0.240. The molecule has 1 aliphatic heterocycles. The van der Waals surface area contributed by atoms with E-state index < -0.39 is 10.2 Å². The lowest BCUT2D eigenvalue weighted by molar-refractivity contribution is 0.284. The molecule has 1 atom stereocenters. The van der Waals surface area contributed by atoms with Gasteiger partial charge in [-0.2, -0.15) is 17.0 Å². The zero-order valence-electron chi connectivity index (χ0n) is 9.73. The molecule has 0 aromatic heterocycles. The molecule has 1 heterocycles. The summed E-state index contributed by atoms with van der Waals surface area (Å²) in [6.45, 7) is 8.70. The highest BCUT2D eigenvalue weighted by Gasteiger charge is 2.30. The summed E-state index contributed by atoms with van der Waals surface area (Å²) in [5.41, 5.74) is 0. The van der Waals surface area contributed by atoms with Crippen LogP contribution in [0.2, 0.25) is 0 Å². The summed E-state index contributed by atoms with van der Waals surface area (Å²) < 4.78 is 27.3.